The Labute approximate surface area is 184 Å². The molecular formula is C24H21NO5S. The molecule has 0 aromatic heterocycles. The first-order valence-corrected chi connectivity index (χ1v) is 10.7. The average molecular weight is 436 g/mol. The molecule has 3 aromatic rings. The lowest BCUT2D eigenvalue weighted by Crippen LogP contribution is -2.33. The van der Waals surface area contributed by atoms with Crippen LogP contribution in [0.15, 0.2) is 82.6 Å². The van der Waals surface area contributed by atoms with E-state index < -0.39 is 5.97 Å². The van der Waals surface area contributed by atoms with Gasteiger partial charge in [0.2, 0.25) is 0 Å². The van der Waals surface area contributed by atoms with Crippen LogP contribution in [0, 0.1) is 0 Å². The minimum atomic E-state index is -0.632. The lowest BCUT2D eigenvalue weighted by molar-refractivity contribution is -0.149. The van der Waals surface area contributed by atoms with Gasteiger partial charge >= 0.3 is 5.97 Å². The molecule has 0 saturated heterocycles. The van der Waals surface area contributed by atoms with Crippen LogP contribution in [0.3, 0.4) is 0 Å². The summed E-state index contributed by atoms with van der Waals surface area (Å²) in [6.07, 6.45) is 0. The van der Waals surface area contributed by atoms with Crippen LogP contribution in [-0.2, 0) is 14.3 Å². The van der Waals surface area contributed by atoms with Gasteiger partial charge in [-0.2, -0.15) is 0 Å². The monoisotopic (exact) mass is 435 g/mol. The van der Waals surface area contributed by atoms with E-state index in [-0.39, 0.29) is 19.1 Å². The summed E-state index contributed by atoms with van der Waals surface area (Å²) in [5, 5.41) is 0. The molecule has 0 atom stereocenters. The van der Waals surface area contributed by atoms with Gasteiger partial charge in [0.05, 0.1) is 18.0 Å². The number of hydrogen-bond donors (Lipinski definition) is 0. The minimum Gasteiger partial charge on any atom is -0.490 e. The third kappa shape index (κ3) is 4.67. The SMILES string of the molecule is CCOc1ccccc1OCC(=O)OCC(=O)N1c2ccccc2Sc2ccccc21. The second-order valence-electron chi connectivity index (χ2n) is 6.60. The van der Waals surface area contributed by atoms with Crippen LogP contribution in [0.4, 0.5) is 11.4 Å². The van der Waals surface area contributed by atoms with Gasteiger partial charge in [-0.15, -0.1) is 0 Å². The molecule has 0 radical (unpaired) electrons. The maximum Gasteiger partial charge on any atom is 0.344 e. The van der Waals surface area contributed by atoms with Crippen molar-refractivity contribution in [1.29, 1.82) is 0 Å². The number of anilines is 2. The number of amides is 1. The highest BCUT2D eigenvalue weighted by Gasteiger charge is 2.28. The van der Waals surface area contributed by atoms with Crippen LogP contribution in [0.1, 0.15) is 6.92 Å². The maximum atomic E-state index is 13.0. The Hall–Kier alpha value is -3.45. The smallest absolute Gasteiger partial charge is 0.344 e. The molecule has 0 aliphatic carbocycles. The molecule has 0 N–H and O–H groups in total. The average Bonchev–Trinajstić information content (AvgIpc) is 2.80. The Kier molecular flexibility index (Phi) is 6.43. The van der Waals surface area contributed by atoms with E-state index in [0.717, 1.165) is 21.2 Å². The molecule has 1 heterocycles. The lowest BCUT2D eigenvalue weighted by Gasteiger charge is -2.30. The first-order chi connectivity index (χ1) is 15.2. The number of hydrogen-bond acceptors (Lipinski definition) is 6. The Morgan fingerprint density at radius 2 is 1.32 bits per heavy atom. The number of nitrogens with zero attached hydrogens (tertiary/aromatic N) is 1. The van der Waals surface area contributed by atoms with Gasteiger partial charge in [-0.3, -0.25) is 9.69 Å². The number of carbonyl (C=O) groups is 2. The summed E-state index contributed by atoms with van der Waals surface area (Å²) in [7, 11) is 0. The van der Waals surface area contributed by atoms with E-state index in [9.17, 15) is 9.59 Å². The fraction of sp³-hybridized carbons (Fsp3) is 0.167. The normalized spacial score (nSPS) is 11.8. The first kappa shape index (κ1) is 20.8. The largest absolute Gasteiger partial charge is 0.490 e. The highest BCUT2D eigenvalue weighted by Crippen LogP contribution is 2.47. The van der Waals surface area contributed by atoms with Gasteiger partial charge in [0.25, 0.3) is 5.91 Å². The maximum absolute atomic E-state index is 13.0. The van der Waals surface area contributed by atoms with E-state index in [2.05, 4.69) is 0 Å². The standard InChI is InChI=1S/C24H21NO5S/c1-2-28-19-11-5-6-12-20(19)29-16-24(27)30-15-23(26)25-17-9-3-7-13-21(17)31-22-14-8-4-10-18(22)25/h3-14H,2,15-16H2,1H3. The predicted octanol–water partition coefficient (Wildman–Crippen LogP) is 4.84. The summed E-state index contributed by atoms with van der Waals surface area (Å²) in [5.41, 5.74) is 1.54. The summed E-state index contributed by atoms with van der Waals surface area (Å²) in [6.45, 7) is 1.64. The summed E-state index contributed by atoms with van der Waals surface area (Å²) in [5.74, 6) is 0.0346. The number of carbonyl (C=O) groups excluding carboxylic acids is 2. The summed E-state index contributed by atoms with van der Waals surface area (Å²) >= 11 is 1.61. The molecule has 0 fully saturated rings. The predicted molar refractivity (Wildman–Crippen MR) is 118 cm³/mol. The summed E-state index contributed by atoms with van der Waals surface area (Å²) < 4.78 is 16.2. The molecule has 3 aromatic carbocycles. The zero-order valence-electron chi connectivity index (χ0n) is 16.9. The van der Waals surface area contributed by atoms with Crippen molar-refractivity contribution in [3.05, 3.63) is 72.8 Å². The quantitative estimate of drug-likeness (QED) is 0.495. The Balaban J connectivity index is 1.41. The van der Waals surface area contributed by atoms with Crippen molar-refractivity contribution in [3.8, 4) is 11.5 Å². The van der Waals surface area contributed by atoms with Crippen molar-refractivity contribution in [2.75, 3.05) is 24.7 Å². The van der Waals surface area contributed by atoms with E-state index in [4.69, 9.17) is 14.2 Å². The second kappa shape index (κ2) is 9.57. The van der Waals surface area contributed by atoms with Crippen LogP contribution < -0.4 is 14.4 Å². The summed E-state index contributed by atoms with van der Waals surface area (Å²) in [4.78, 5) is 28.8. The molecule has 1 aliphatic heterocycles. The molecule has 1 aliphatic rings. The number of fused-ring (bicyclic) bond motifs is 2. The highest BCUT2D eigenvalue weighted by molar-refractivity contribution is 7.99. The zero-order valence-corrected chi connectivity index (χ0v) is 17.8. The number of benzene rings is 3. The molecule has 31 heavy (non-hydrogen) atoms. The minimum absolute atomic E-state index is 0.319. The van der Waals surface area contributed by atoms with Crippen molar-refractivity contribution in [2.45, 2.75) is 16.7 Å². The van der Waals surface area contributed by atoms with Crippen LogP contribution in [0.25, 0.3) is 0 Å². The van der Waals surface area contributed by atoms with Gasteiger partial charge in [-0.25, -0.2) is 4.79 Å². The number of rotatable bonds is 7. The molecule has 1 amide bonds. The van der Waals surface area contributed by atoms with Crippen molar-refractivity contribution in [3.63, 3.8) is 0 Å². The Bertz CT molecular complexity index is 1060. The molecular weight excluding hydrogens is 414 g/mol. The third-order valence-electron chi connectivity index (χ3n) is 4.53. The molecule has 6 nitrogen and oxygen atoms in total. The molecule has 4 rings (SSSR count). The molecule has 0 saturated carbocycles. The topological polar surface area (TPSA) is 65.1 Å². The molecule has 0 spiro atoms. The number of ether oxygens (including phenoxy) is 3. The van der Waals surface area contributed by atoms with Crippen molar-refractivity contribution in [2.24, 2.45) is 0 Å². The molecule has 0 bridgehead atoms. The zero-order chi connectivity index (χ0) is 21.6. The van der Waals surface area contributed by atoms with Gasteiger partial charge in [0.1, 0.15) is 0 Å². The Morgan fingerprint density at radius 1 is 0.774 bits per heavy atom. The first-order valence-electron chi connectivity index (χ1n) is 9.86. The third-order valence-corrected chi connectivity index (χ3v) is 5.66. The van der Waals surface area contributed by atoms with E-state index in [1.165, 1.54) is 0 Å². The molecule has 7 heteroatoms. The van der Waals surface area contributed by atoms with E-state index >= 15 is 0 Å². The summed E-state index contributed by atoms with van der Waals surface area (Å²) in [6, 6.07) is 22.4. The van der Waals surface area contributed by atoms with Crippen LogP contribution in [0.5, 0.6) is 11.5 Å². The highest BCUT2D eigenvalue weighted by atomic mass is 32.2. The van der Waals surface area contributed by atoms with E-state index in [1.807, 2.05) is 61.5 Å². The molecule has 0 unspecified atom stereocenters. The van der Waals surface area contributed by atoms with Gasteiger partial charge in [-0.1, -0.05) is 48.2 Å². The second-order valence-corrected chi connectivity index (χ2v) is 7.68. The fourth-order valence-electron chi connectivity index (χ4n) is 3.20. The van der Waals surface area contributed by atoms with E-state index in [1.54, 1.807) is 34.9 Å². The fourth-order valence-corrected chi connectivity index (χ4v) is 4.26. The van der Waals surface area contributed by atoms with Gasteiger partial charge < -0.3 is 14.2 Å². The van der Waals surface area contributed by atoms with Crippen LogP contribution in [0.2, 0.25) is 0 Å². The van der Waals surface area contributed by atoms with Gasteiger partial charge in [0.15, 0.2) is 24.7 Å². The van der Waals surface area contributed by atoms with Gasteiger partial charge in [0, 0.05) is 9.79 Å². The van der Waals surface area contributed by atoms with E-state index in [0.29, 0.717) is 18.1 Å². The Morgan fingerprint density at radius 3 is 1.94 bits per heavy atom. The van der Waals surface area contributed by atoms with Gasteiger partial charge in [-0.05, 0) is 43.3 Å². The van der Waals surface area contributed by atoms with Crippen molar-refractivity contribution >= 4 is 35.0 Å². The number of esters is 1. The van der Waals surface area contributed by atoms with Crippen LogP contribution >= 0.6 is 11.8 Å². The lowest BCUT2D eigenvalue weighted by atomic mass is 10.2. The van der Waals surface area contributed by atoms with Crippen molar-refractivity contribution < 1.29 is 23.8 Å². The molecule has 158 valence electrons. The number of para-hydroxylation sites is 4. The van der Waals surface area contributed by atoms with Crippen LogP contribution in [-0.4, -0.2) is 31.7 Å². The van der Waals surface area contributed by atoms with Crippen molar-refractivity contribution in [1.82, 2.24) is 0 Å².